The smallest absolute Gasteiger partial charge is 0.325 e. The first-order valence-electron chi connectivity index (χ1n) is 29.5. The largest absolute Gasteiger partial charge is 0.480 e. The Kier molecular flexibility index (Phi) is 25.8. The molecule has 16 atom stereocenters. The number of likely N-dealkylation sites (tertiary alicyclic amines) is 2. The van der Waals surface area contributed by atoms with Crippen molar-refractivity contribution >= 4 is 101 Å². The van der Waals surface area contributed by atoms with E-state index in [-0.39, 0.29) is 87.4 Å². The summed E-state index contributed by atoms with van der Waals surface area (Å²) in [6.45, 7) is 11.3. The number of aldehydes is 1. The van der Waals surface area contributed by atoms with E-state index in [1.807, 2.05) is 19.9 Å². The Bertz CT molecular complexity index is 2580. The van der Waals surface area contributed by atoms with Crippen LogP contribution in [-0.2, 0) is 62.3 Å². The molecular weight excluding hydrogens is 1160 g/mol. The first-order valence-corrected chi connectivity index (χ1v) is 31.2. The van der Waals surface area contributed by atoms with Gasteiger partial charge in [-0.25, -0.2) is 0 Å². The van der Waals surface area contributed by atoms with Gasteiger partial charge in [-0.1, -0.05) is 19.9 Å². The van der Waals surface area contributed by atoms with Crippen LogP contribution in [0.15, 0.2) is 12.2 Å². The highest BCUT2D eigenvalue weighted by atomic mass is 32.2. The Morgan fingerprint density at radius 3 is 1.63 bits per heavy atom. The molecule has 31 heteroatoms. The molecule has 0 radical (unpaired) electrons. The Balaban J connectivity index is 1.19. The number of carboxylic acids is 1. The lowest BCUT2D eigenvalue weighted by molar-refractivity contribution is -0.143. The topological polar surface area (TPSA) is 455 Å². The summed E-state index contributed by atoms with van der Waals surface area (Å²) < 4.78 is -0.496. The van der Waals surface area contributed by atoms with E-state index in [2.05, 4.69) is 47.9 Å². The van der Waals surface area contributed by atoms with Crippen LogP contribution in [0.3, 0.4) is 0 Å². The van der Waals surface area contributed by atoms with Gasteiger partial charge < -0.3 is 89.9 Å². The number of amides is 11. The lowest BCUT2D eigenvalue weighted by atomic mass is 9.88. The number of rotatable bonds is 34. The summed E-state index contributed by atoms with van der Waals surface area (Å²) in [5.74, 6) is -9.60. The van der Waals surface area contributed by atoms with Crippen molar-refractivity contribution in [1.29, 1.82) is 0 Å². The van der Waals surface area contributed by atoms with E-state index in [9.17, 15) is 67.4 Å². The zero-order valence-electron chi connectivity index (χ0n) is 49.9. The highest BCUT2D eigenvalue weighted by Gasteiger charge is 2.73. The second-order valence-corrected chi connectivity index (χ2v) is 26.2. The van der Waals surface area contributed by atoms with Gasteiger partial charge in [0.1, 0.15) is 65.4 Å². The molecule has 5 aliphatic rings. The molecule has 86 heavy (non-hydrogen) atoms. The molecule has 17 N–H and O–H groups in total. The van der Waals surface area contributed by atoms with Gasteiger partial charge in [-0.05, 0) is 137 Å². The van der Waals surface area contributed by atoms with Crippen LogP contribution in [0, 0.1) is 5.92 Å². The van der Waals surface area contributed by atoms with Gasteiger partial charge in [-0.2, -0.15) is 0 Å². The van der Waals surface area contributed by atoms with Crippen molar-refractivity contribution in [3.05, 3.63) is 12.2 Å². The van der Waals surface area contributed by atoms with Crippen molar-refractivity contribution in [2.24, 2.45) is 23.1 Å². The van der Waals surface area contributed by atoms with Gasteiger partial charge in [0.25, 0.3) is 5.91 Å². The molecule has 4 heterocycles. The Labute approximate surface area is 508 Å². The number of unbranched alkanes of at least 4 members (excludes halogenated alkanes) is 2. The van der Waals surface area contributed by atoms with E-state index >= 15 is 0 Å². The summed E-state index contributed by atoms with van der Waals surface area (Å²) in [4.78, 5) is 175. The molecule has 0 saturated carbocycles. The van der Waals surface area contributed by atoms with Crippen molar-refractivity contribution in [3.8, 4) is 0 Å². The minimum absolute atomic E-state index is 0.0116. The van der Waals surface area contributed by atoms with Crippen LogP contribution in [0.2, 0.25) is 0 Å². The lowest BCUT2D eigenvalue weighted by Crippen LogP contribution is -2.60. The summed E-state index contributed by atoms with van der Waals surface area (Å²) in [6.07, 6.45) is 6.98. The summed E-state index contributed by atoms with van der Waals surface area (Å²) in [7, 11) is 0. The Hall–Kier alpha value is -6.41. The number of aliphatic carboxylic acids is 1. The monoisotopic (exact) mass is 1250 g/mol. The van der Waals surface area contributed by atoms with Crippen molar-refractivity contribution in [2.75, 3.05) is 26.2 Å². The third-order valence-corrected chi connectivity index (χ3v) is 19.0. The maximum absolute atomic E-state index is 14.5. The normalized spacial score (nSPS) is 25.1. The molecule has 4 aliphatic heterocycles. The summed E-state index contributed by atoms with van der Waals surface area (Å²) in [5.41, 5.74) is 17.2. The number of carbonyl (C=O) groups excluding carboxylic acids is 12. The molecule has 4 fully saturated rings. The highest BCUT2D eigenvalue weighted by Crippen LogP contribution is 2.74. The van der Waals surface area contributed by atoms with Gasteiger partial charge >= 0.3 is 5.97 Å². The molecule has 5 rings (SSSR count). The van der Waals surface area contributed by atoms with Crippen molar-refractivity contribution < 1.29 is 72.5 Å². The fraction of sp³-hybridized carbons (Fsp3) is 0.727. The molecule has 11 amide bonds. The molecule has 0 aromatic carbocycles. The Morgan fingerprint density at radius 1 is 0.558 bits per heavy atom. The first kappa shape index (κ1) is 70.4. The van der Waals surface area contributed by atoms with Crippen LogP contribution in [0.4, 0.5) is 0 Å². The zero-order valence-corrected chi connectivity index (χ0v) is 51.5. The van der Waals surface area contributed by atoms with E-state index in [0.717, 1.165) is 6.92 Å². The molecule has 16 unspecified atom stereocenters. The minimum Gasteiger partial charge on any atom is -0.480 e. The van der Waals surface area contributed by atoms with Crippen LogP contribution >= 0.6 is 23.5 Å². The lowest BCUT2D eigenvalue weighted by Gasteiger charge is -2.31. The van der Waals surface area contributed by atoms with Gasteiger partial charge in [0.15, 0.2) is 12.3 Å². The predicted molar refractivity (Wildman–Crippen MR) is 316 cm³/mol. The van der Waals surface area contributed by atoms with Gasteiger partial charge in [-0.15, -0.1) is 23.5 Å². The maximum atomic E-state index is 14.5. The summed E-state index contributed by atoms with van der Waals surface area (Å²) in [5, 5.41) is 42.7. The molecule has 29 nitrogen and oxygen atoms in total. The number of nitrogens with two attached hydrogens (primary N) is 3. The number of hydrogen-bond acceptors (Lipinski definition) is 19. The van der Waals surface area contributed by atoms with E-state index in [4.69, 9.17) is 22.3 Å². The van der Waals surface area contributed by atoms with Crippen LogP contribution in [0.25, 0.3) is 0 Å². The maximum Gasteiger partial charge on any atom is 0.325 e. The summed E-state index contributed by atoms with van der Waals surface area (Å²) in [6, 6.07) is -14.7. The highest BCUT2D eigenvalue weighted by molar-refractivity contribution is 8.14. The average molecular weight is 1250 g/mol. The SMILES string of the molecule is CC(C)CC(NC(=O)C1CCCN1C(=O)C(C)NC(=O)C(C)NC(=O)C(CC12C=CC3(O)SC3C1S2)NC(=O)C(C)N)C(=O)NC(CCCCN)C(=O)N1CCCC1C(=O)NC(C)C(=O)NC(CCCCN)C(=O)NC(C=O)C(=O)NC(C)C(=O)O. The van der Waals surface area contributed by atoms with Crippen LogP contribution in [-0.4, -0.2) is 216 Å². The molecule has 0 bridgehead atoms. The number of aliphatic hydroxyl groups is 1. The fourth-order valence-corrected chi connectivity index (χ4v) is 13.6. The fourth-order valence-electron chi connectivity index (χ4n) is 10.6. The molecule has 4 saturated heterocycles. The van der Waals surface area contributed by atoms with E-state index < -0.39 is 153 Å². The molecule has 0 spiro atoms. The second-order valence-electron chi connectivity index (χ2n) is 23.3. The molecule has 1 aliphatic carbocycles. The standard InChI is InChI=1S/C55H88N14O15S2/c1-27(2)24-35(65-50(79)39-17-12-22-68(39)51(80)31(6)61-43(72)29(4)59-47(76)36(66-42(71)28(3)58)25-54-18-19-55(84)41(86-55)40(54)85-54)46(75)64-34(15-9-11-21-57)52(81)69-23-13-16-38(69)49(78)60-30(5)44(73)63-33(14-8-10-20-56)45(74)67-37(26-70)48(77)62-32(7)53(82)83/h18-19,26-41,84H,8-17,20-25,56-58H2,1-7H3,(H,59,76)(H,60,78)(H,61,72)(H,62,77)(H,63,73)(H,64,75)(H,65,79)(H,66,71)(H,67,74)(H,82,83). The van der Waals surface area contributed by atoms with Gasteiger partial charge in [0.05, 0.1) is 11.3 Å². The number of carbonyl (C=O) groups is 13. The Morgan fingerprint density at radius 2 is 1.06 bits per heavy atom. The third-order valence-electron chi connectivity index (χ3n) is 15.7. The zero-order chi connectivity index (χ0) is 64.0. The first-order chi connectivity index (χ1) is 40.5. The predicted octanol–water partition coefficient (Wildman–Crippen LogP) is -4.04. The van der Waals surface area contributed by atoms with E-state index in [1.54, 1.807) is 17.8 Å². The number of thioether (sulfide) groups is 2. The van der Waals surface area contributed by atoms with Crippen molar-refractivity contribution in [2.45, 2.75) is 218 Å². The molecule has 480 valence electrons. The number of fused-ring (bicyclic) bond motifs is 3. The molecular formula is C55H88N14O15S2. The second kappa shape index (κ2) is 31.5. The van der Waals surface area contributed by atoms with Crippen LogP contribution < -0.4 is 65.1 Å². The minimum atomic E-state index is -1.79. The van der Waals surface area contributed by atoms with Crippen molar-refractivity contribution in [1.82, 2.24) is 57.7 Å². The van der Waals surface area contributed by atoms with Gasteiger partial charge in [0.2, 0.25) is 59.1 Å². The van der Waals surface area contributed by atoms with Gasteiger partial charge in [-0.3, -0.25) is 57.5 Å². The number of hydrogen-bond donors (Lipinski definition) is 14. The van der Waals surface area contributed by atoms with Gasteiger partial charge in [0, 0.05) is 23.1 Å². The molecule has 0 aromatic rings. The van der Waals surface area contributed by atoms with E-state index in [0.29, 0.717) is 38.5 Å². The van der Waals surface area contributed by atoms with Crippen molar-refractivity contribution in [3.63, 3.8) is 0 Å². The average Bonchev–Trinajstić information content (AvgIpc) is 1.53. The third kappa shape index (κ3) is 18.8. The van der Waals surface area contributed by atoms with Crippen LogP contribution in [0.1, 0.15) is 126 Å². The van der Waals surface area contributed by atoms with E-state index in [1.165, 1.54) is 49.3 Å². The summed E-state index contributed by atoms with van der Waals surface area (Å²) >= 11 is 3.01. The number of nitrogens with one attached hydrogen (secondary N) is 9. The number of nitrogens with zero attached hydrogens (tertiary/aromatic N) is 2. The molecule has 0 aromatic heterocycles. The number of carboxylic acid groups (broad SMARTS) is 1. The quantitative estimate of drug-likeness (QED) is 0.00959. The van der Waals surface area contributed by atoms with Crippen LogP contribution in [0.5, 0.6) is 0 Å².